The van der Waals surface area contributed by atoms with Gasteiger partial charge in [0.05, 0.1) is 15.4 Å². The van der Waals surface area contributed by atoms with Gasteiger partial charge in [0.15, 0.2) is 0 Å². The summed E-state index contributed by atoms with van der Waals surface area (Å²) in [7, 11) is 0. The summed E-state index contributed by atoms with van der Waals surface area (Å²) in [6.07, 6.45) is 2.33. The van der Waals surface area contributed by atoms with Crippen molar-refractivity contribution in [3.63, 3.8) is 0 Å². The maximum atomic E-state index is 10.7. The third-order valence-corrected chi connectivity index (χ3v) is 3.54. The van der Waals surface area contributed by atoms with E-state index >= 15 is 0 Å². The van der Waals surface area contributed by atoms with Crippen LogP contribution in [0, 0.1) is 10.1 Å². The summed E-state index contributed by atoms with van der Waals surface area (Å²) in [5, 5.41) is 13.9. The zero-order valence-electron chi connectivity index (χ0n) is 10.1. The maximum Gasteiger partial charge on any atom is 0.288 e. The summed E-state index contributed by atoms with van der Waals surface area (Å²) in [5.41, 5.74) is 0.00816. The molecule has 18 heavy (non-hydrogen) atoms. The summed E-state index contributed by atoms with van der Waals surface area (Å²) < 4.78 is 0.678. The van der Waals surface area contributed by atoms with E-state index < -0.39 is 4.92 Å². The quantitative estimate of drug-likeness (QED) is 0.664. The van der Waals surface area contributed by atoms with Crippen LogP contribution in [0.1, 0.15) is 13.3 Å². The van der Waals surface area contributed by atoms with Gasteiger partial charge in [-0.2, -0.15) is 0 Å². The summed E-state index contributed by atoms with van der Waals surface area (Å²) >= 11 is 3.38. The molecule has 0 atom stereocenters. The van der Waals surface area contributed by atoms with E-state index in [1.54, 1.807) is 0 Å². The van der Waals surface area contributed by atoms with E-state index in [0.717, 1.165) is 31.9 Å². The highest BCUT2D eigenvalue weighted by Crippen LogP contribution is 2.29. The largest absolute Gasteiger partial charge is 0.350 e. The van der Waals surface area contributed by atoms with E-state index in [9.17, 15) is 10.1 Å². The molecular formula is C11H15BrN4O2. The van der Waals surface area contributed by atoms with Crippen LogP contribution in [-0.2, 0) is 0 Å². The van der Waals surface area contributed by atoms with Gasteiger partial charge in [0.2, 0.25) is 0 Å². The molecule has 98 valence electrons. The molecule has 0 aromatic carbocycles. The summed E-state index contributed by atoms with van der Waals surface area (Å²) in [6.45, 7) is 4.88. The van der Waals surface area contributed by atoms with Crippen molar-refractivity contribution in [1.82, 2.24) is 10.3 Å². The van der Waals surface area contributed by atoms with Crippen molar-refractivity contribution in [2.24, 2.45) is 0 Å². The Kier molecular flexibility index (Phi) is 4.13. The molecule has 1 aliphatic heterocycles. The summed E-state index contributed by atoms with van der Waals surface area (Å²) in [5.74, 6) is 0.786. The minimum Gasteiger partial charge on any atom is -0.350 e. The zero-order chi connectivity index (χ0) is 13.1. The number of nitrogens with zero attached hydrogens (tertiary/aromatic N) is 3. The molecule has 7 heteroatoms. The standard InChI is InChI=1S/C11H15BrN4O2/c1-2-3-15(9-5-13-6-9)11-10(12)4-8(7-14-11)16(17)18/h4,7,9,13H,2-3,5-6H2,1H3. The molecule has 0 amide bonds. The lowest BCUT2D eigenvalue weighted by molar-refractivity contribution is -0.385. The van der Waals surface area contributed by atoms with Gasteiger partial charge in [-0.1, -0.05) is 6.92 Å². The van der Waals surface area contributed by atoms with Crippen molar-refractivity contribution < 1.29 is 4.92 Å². The van der Waals surface area contributed by atoms with E-state index in [1.807, 2.05) is 0 Å². The molecular weight excluding hydrogens is 300 g/mol. The normalized spacial score (nSPS) is 15.2. The van der Waals surface area contributed by atoms with Crippen molar-refractivity contribution in [3.05, 3.63) is 26.9 Å². The first-order chi connectivity index (χ1) is 8.63. The average Bonchev–Trinajstić information content (AvgIpc) is 2.26. The lowest BCUT2D eigenvalue weighted by Crippen LogP contribution is -2.57. The molecule has 2 rings (SSSR count). The van der Waals surface area contributed by atoms with Crippen molar-refractivity contribution in [3.8, 4) is 0 Å². The van der Waals surface area contributed by atoms with Gasteiger partial charge in [-0.3, -0.25) is 10.1 Å². The van der Waals surface area contributed by atoms with Crippen molar-refractivity contribution in [1.29, 1.82) is 0 Å². The van der Waals surface area contributed by atoms with E-state index in [0.29, 0.717) is 10.5 Å². The monoisotopic (exact) mass is 314 g/mol. The molecule has 1 aromatic heterocycles. The van der Waals surface area contributed by atoms with Crippen LogP contribution in [0.5, 0.6) is 0 Å². The van der Waals surface area contributed by atoms with Crippen LogP contribution in [0.4, 0.5) is 11.5 Å². The van der Waals surface area contributed by atoms with Crippen LogP contribution < -0.4 is 10.2 Å². The second kappa shape index (κ2) is 5.62. The molecule has 1 aliphatic rings. The highest BCUT2D eigenvalue weighted by atomic mass is 79.9. The Morgan fingerprint density at radius 3 is 2.83 bits per heavy atom. The fourth-order valence-corrected chi connectivity index (χ4v) is 2.49. The average molecular weight is 315 g/mol. The van der Waals surface area contributed by atoms with Gasteiger partial charge in [0.1, 0.15) is 12.0 Å². The van der Waals surface area contributed by atoms with Crippen LogP contribution in [0.3, 0.4) is 0 Å². The number of nitro groups is 1. The number of anilines is 1. The van der Waals surface area contributed by atoms with Gasteiger partial charge >= 0.3 is 0 Å². The SMILES string of the molecule is CCCN(c1ncc([N+](=O)[O-])cc1Br)C1CNC1. The first-order valence-electron chi connectivity index (χ1n) is 5.90. The second-order valence-electron chi connectivity index (χ2n) is 4.26. The number of aromatic nitrogens is 1. The van der Waals surface area contributed by atoms with Gasteiger partial charge < -0.3 is 10.2 Å². The smallest absolute Gasteiger partial charge is 0.288 e. The lowest BCUT2D eigenvalue weighted by atomic mass is 10.1. The Morgan fingerprint density at radius 1 is 1.67 bits per heavy atom. The van der Waals surface area contributed by atoms with Gasteiger partial charge in [0, 0.05) is 25.7 Å². The van der Waals surface area contributed by atoms with Crippen molar-refractivity contribution >= 4 is 27.4 Å². The van der Waals surface area contributed by atoms with Crippen LogP contribution in [0.2, 0.25) is 0 Å². The molecule has 0 spiro atoms. The highest BCUT2D eigenvalue weighted by Gasteiger charge is 2.27. The third-order valence-electron chi connectivity index (χ3n) is 2.96. The number of pyridine rings is 1. The van der Waals surface area contributed by atoms with Crippen molar-refractivity contribution in [2.75, 3.05) is 24.5 Å². The second-order valence-corrected chi connectivity index (χ2v) is 5.12. The Labute approximate surface area is 114 Å². The van der Waals surface area contributed by atoms with Gasteiger partial charge in [-0.25, -0.2) is 4.98 Å². The Hall–Kier alpha value is -1.21. The summed E-state index contributed by atoms with van der Waals surface area (Å²) in [4.78, 5) is 16.7. The first-order valence-corrected chi connectivity index (χ1v) is 6.70. The topological polar surface area (TPSA) is 71.3 Å². The Bertz CT molecular complexity index is 451. The number of hydrogen-bond donors (Lipinski definition) is 1. The number of nitrogens with one attached hydrogen (secondary N) is 1. The maximum absolute atomic E-state index is 10.7. The van der Waals surface area contributed by atoms with E-state index in [1.165, 1.54) is 12.3 Å². The predicted molar refractivity (Wildman–Crippen MR) is 72.9 cm³/mol. The van der Waals surface area contributed by atoms with Crippen LogP contribution in [0.15, 0.2) is 16.7 Å². The van der Waals surface area contributed by atoms with Crippen LogP contribution in [-0.4, -0.2) is 35.6 Å². The van der Waals surface area contributed by atoms with Crippen LogP contribution >= 0.6 is 15.9 Å². The first kappa shape index (κ1) is 13.2. The molecule has 2 heterocycles. The number of halogens is 1. The third kappa shape index (κ3) is 2.62. The zero-order valence-corrected chi connectivity index (χ0v) is 11.7. The van der Waals surface area contributed by atoms with Gasteiger partial charge in [-0.05, 0) is 22.4 Å². The van der Waals surface area contributed by atoms with Gasteiger partial charge in [0.25, 0.3) is 5.69 Å². The molecule has 0 bridgehead atoms. The van der Waals surface area contributed by atoms with Gasteiger partial charge in [-0.15, -0.1) is 0 Å². The Morgan fingerprint density at radius 2 is 2.39 bits per heavy atom. The van der Waals surface area contributed by atoms with Crippen molar-refractivity contribution in [2.45, 2.75) is 19.4 Å². The van der Waals surface area contributed by atoms with Crippen LogP contribution in [0.25, 0.3) is 0 Å². The molecule has 1 aromatic rings. The molecule has 1 fully saturated rings. The van der Waals surface area contributed by atoms with E-state index in [2.05, 4.69) is 38.1 Å². The number of hydrogen-bond acceptors (Lipinski definition) is 5. The molecule has 1 saturated heterocycles. The highest BCUT2D eigenvalue weighted by molar-refractivity contribution is 9.10. The molecule has 0 unspecified atom stereocenters. The number of rotatable bonds is 5. The molecule has 6 nitrogen and oxygen atoms in total. The molecule has 0 saturated carbocycles. The minimum atomic E-state index is -0.434. The molecule has 0 radical (unpaired) electrons. The summed E-state index contributed by atoms with van der Waals surface area (Å²) in [6, 6.07) is 1.94. The minimum absolute atomic E-state index is 0.00816. The molecule has 1 N–H and O–H groups in total. The fraction of sp³-hybridized carbons (Fsp3) is 0.545. The van der Waals surface area contributed by atoms with E-state index in [4.69, 9.17) is 0 Å². The lowest BCUT2D eigenvalue weighted by Gasteiger charge is -2.39. The Balaban J connectivity index is 2.26. The van der Waals surface area contributed by atoms with E-state index in [-0.39, 0.29) is 5.69 Å². The fourth-order valence-electron chi connectivity index (χ4n) is 1.93. The predicted octanol–water partition coefficient (Wildman–Crippen LogP) is 1.94. The molecule has 0 aliphatic carbocycles.